The van der Waals surface area contributed by atoms with Gasteiger partial charge in [0.1, 0.15) is 0 Å². The molecule has 2 nitrogen and oxygen atoms in total. The number of carbonyl (C=O) groups is 1. The number of rotatable bonds is 3. The summed E-state index contributed by atoms with van der Waals surface area (Å²) in [6.07, 6.45) is 1.61. The van der Waals surface area contributed by atoms with Gasteiger partial charge >= 0.3 is 5.97 Å². The van der Waals surface area contributed by atoms with Crippen LogP contribution < -0.4 is 0 Å². The fraction of sp³-hybridized carbons (Fsp3) is 0.417. The van der Waals surface area contributed by atoms with Gasteiger partial charge in [0.2, 0.25) is 0 Å². The van der Waals surface area contributed by atoms with Crippen LogP contribution in [0, 0.1) is 23.4 Å². The Hall–Kier alpha value is -1.52. The van der Waals surface area contributed by atoms with E-state index in [2.05, 4.69) is 4.74 Å². The van der Waals surface area contributed by atoms with Crippen molar-refractivity contribution in [3.05, 3.63) is 35.1 Å². The van der Waals surface area contributed by atoms with Gasteiger partial charge in [-0.1, -0.05) is 0 Å². The lowest BCUT2D eigenvalue weighted by Gasteiger charge is -2.14. The van der Waals surface area contributed by atoms with Gasteiger partial charge < -0.3 is 4.74 Å². The zero-order chi connectivity index (χ0) is 12.6. The van der Waals surface area contributed by atoms with Crippen molar-refractivity contribution in [1.82, 2.24) is 0 Å². The smallest absolute Gasteiger partial charge is 0.313 e. The number of hydrogen-bond donors (Lipinski definition) is 0. The van der Waals surface area contributed by atoms with Crippen LogP contribution in [0.3, 0.4) is 0 Å². The third kappa shape index (κ3) is 2.28. The Morgan fingerprint density at radius 3 is 2.24 bits per heavy atom. The van der Waals surface area contributed by atoms with E-state index < -0.39 is 29.3 Å². The Bertz CT molecular complexity index is 432. The molecule has 1 atom stereocenters. The molecule has 1 aliphatic rings. The van der Waals surface area contributed by atoms with Crippen LogP contribution in [0.1, 0.15) is 24.3 Å². The highest BCUT2D eigenvalue weighted by Crippen LogP contribution is 2.43. The minimum absolute atomic E-state index is 0.0340. The summed E-state index contributed by atoms with van der Waals surface area (Å²) in [6.45, 7) is 0. The zero-order valence-electron chi connectivity index (χ0n) is 9.17. The van der Waals surface area contributed by atoms with Crippen LogP contribution in [-0.2, 0) is 9.53 Å². The number of carbonyl (C=O) groups excluding carboxylic acids is 1. The summed E-state index contributed by atoms with van der Waals surface area (Å²) in [5, 5.41) is 0. The van der Waals surface area contributed by atoms with Crippen molar-refractivity contribution in [2.45, 2.75) is 18.8 Å². The maximum absolute atomic E-state index is 13.1. The topological polar surface area (TPSA) is 26.3 Å². The highest BCUT2D eigenvalue weighted by atomic mass is 19.2. The molecule has 0 N–H and O–H groups in total. The van der Waals surface area contributed by atoms with Gasteiger partial charge in [-0.05, 0) is 36.5 Å². The third-order valence-corrected chi connectivity index (χ3v) is 2.91. The molecule has 2 rings (SSSR count). The predicted molar refractivity (Wildman–Crippen MR) is 53.8 cm³/mol. The molecule has 5 heteroatoms. The summed E-state index contributed by atoms with van der Waals surface area (Å²) in [4.78, 5) is 11.5. The summed E-state index contributed by atoms with van der Waals surface area (Å²) in [7, 11) is 1.22. The molecular weight excluding hydrogens is 233 g/mol. The minimum atomic E-state index is -1.52. The van der Waals surface area contributed by atoms with Crippen LogP contribution >= 0.6 is 0 Å². The van der Waals surface area contributed by atoms with Crippen molar-refractivity contribution in [3.8, 4) is 0 Å². The SMILES string of the molecule is COC(=O)C(c1cc(F)c(F)c(F)c1)C1CC1. The van der Waals surface area contributed by atoms with Crippen molar-refractivity contribution in [3.63, 3.8) is 0 Å². The van der Waals surface area contributed by atoms with Crippen LogP contribution in [-0.4, -0.2) is 13.1 Å². The van der Waals surface area contributed by atoms with Gasteiger partial charge in [0.05, 0.1) is 13.0 Å². The molecule has 0 bridgehead atoms. The van der Waals surface area contributed by atoms with E-state index in [1.807, 2.05) is 0 Å². The van der Waals surface area contributed by atoms with Gasteiger partial charge in [0.15, 0.2) is 17.5 Å². The molecule has 1 saturated carbocycles. The lowest BCUT2D eigenvalue weighted by Crippen LogP contribution is -2.17. The molecule has 92 valence electrons. The Labute approximate surface area is 96.4 Å². The van der Waals surface area contributed by atoms with E-state index >= 15 is 0 Å². The maximum Gasteiger partial charge on any atom is 0.313 e. The van der Waals surface area contributed by atoms with Crippen molar-refractivity contribution in [2.24, 2.45) is 5.92 Å². The molecule has 0 heterocycles. The fourth-order valence-electron chi connectivity index (χ4n) is 1.91. The first-order valence-electron chi connectivity index (χ1n) is 5.27. The quantitative estimate of drug-likeness (QED) is 0.603. The largest absolute Gasteiger partial charge is 0.469 e. The van der Waals surface area contributed by atoms with Crippen LogP contribution in [0.2, 0.25) is 0 Å². The van der Waals surface area contributed by atoms with E-state index in [9.17, 15) is 18.0 Å². The van der Waals surface area contributed by atoms with Crippen molar-refractivity contribution in [1.29, 1.82) is 0 Å². The monoisotopic (exact) mass is 244 g/mol. The number of benzene rings is 1. The predicted octanol–water partition coefficient (Wildman–Crippen LogP) is 2.77. The van der Waals surface area contributed by atoms with E-state index in [-0.39, 0.29) is 11.5 Å². The second-order valence-corrected chi connectivity index (χ2v) is 4.14. The van der Waals surface area contributed by atoms with Gasteiger partial charge in [-0.25, -0.2) is 13.2 Å². The van der Waals surface area contributed by atoms with Crippen LogP contribution in [0.25, 0.3) is 0 Å². The number of methoxy groups -OCH3 is 1. The molecule has 1 unspecified atom stereocenters. The molecule has 0 aromatic heterocycles. The Balaban J connectivity index is 2.39. The minimum Gasteiger partial charge on any atom is -0.469 e. The van der Waals surface area contributed by atoms with E-state index in [0.29, 0.717) is 0 Å². The molecule has 0 spiro atoms. The molecule has 0 saturated heterocycles. The average molecular weight is 244 g/mol. The van der Waals surface area contributed by atoms with Gasteiger partial charge in [-0.2, -0.15) is 0 Å². The van der Waals surface area contributed by atoms with Gasteiger partial charge in [-0.15, -0.1) is 0 Å². The standard InChI is InChI=1S/C12H11F3O2/c1-17-12(16)10(6-2-3-6)7-4-8(13)11(15)9(14)5-7/h4-6,10H,2-3H2,1H3. The van der Waals surface area contributed by atoms with Crippen molar-refractivity contribution < 1.29 is 22.7 Å². The van der Waals surface area contributed by atoms with Gasteiger partial charge in [0.25, 0.3) is 0 Å². The highest BCUT2D eigenvalue weighted by molar-refractivity contribution is 5.78. The first-order chi connectivity index (χ1) is 8.04. The van der Waals surface area contributed by atoms with Gasteiger partial charge in [0, 0.05) is 0 Å². The molecule has 1 fully saturated rings. The number of hydrogen-bond acceptors (Lipinski definition) is 2. The Morgan fingerprint density at radius 2 is 1.82 bits per heavy atom. The van der Waals surface area contributed by atoms with Crippen LogP contribution in [0.15, 0.2) is 12.1 Å². The lowest BCUT2D eigenvalue weighted by atomic mass is 9.94. The molecule has 0 aliphatic heterocycles. The molecule has 17 heavy (non-hydrogen) atoms. The number of halogens is 3. The highest BCUT2D eigenvalue weighted by Gasteiger charge is 2.38. The van der Waals surface area contributed by atoms with E-state index in [4.69, 9.17) is 0 Å². The Kier molecular flexibility index (Phi) is 3.09. The molecule has 1 aromatic rings. The van der Waals surface area contributed by atoms with Gasteiger partial charge in [-0.3, -0.25) is 4.79 Å². The molecule has 1 aromatic carbocycles. The lowest BCUT2D eigenvalue weighted by molar-refractivity contribution is -0.143. The number of ether oxygens (including phenoxy) is 1. The normalized spacial score (nSPS) is 16.7. The molecule has 0 radical (unpaired) electrons. The summed E-state index contributed by atoms with van der Waals surface area (Å²) in [5.41, 5.74) is 0.135. The summed E-state index contributed by atoms with van der Waals surface area (Å²) in [6, 6.07) is 1.72. The molecule has 1 aliphatic carbocycles. The fourth-order valence-corrected chi connectivity index (χ4v) is 1.91. The average Bonchev–Trinajstić information content (AvgIpc) is 3.10. The zero-order valence-corrected chi connectivity index (χ0v) is 9.17. The number of esters is 1. The van der Waals surface area contributed by atoms with E-state index in [0.717, 1.165) is 25.0 Å². The summed E-state index contributed by atoms with van der Waals surface area (Å²) < 4.78 is 43.6. The maximum atomic E-state index is 13.1. The third-order valence-electron chi connectivity index (χ3n) is 2.91. The van der Waals surface area contributed by atoms with E-state index in [1.54, 1.807) is 0 Å². The Morgan fingerprint density at radius 1 is 1.29 bits per heavy atom. The van der Waals surface area contributed by atoms with Crippen molar-refractivity contribution >= 4 is 5.97 Å². The summed E-state index contributed by atoms with van der Waals surface area (Å²) >= 11 is 0. The first-order valence-corrected chi connectivity index (χ1v) is 5.27. The first kappa shape index (κ1) is 12.0. The van der Waals surface area contributed by atoms with Crippen molar-refractivity contribution in [2.75, 3.05) is 7.11 Å². The van der Waals surface area contributed by atoms with Crippen LogP contribution in [0.5, 0.6) is 0 Å². The van der Waals surface area contributed by atoms with E-state index in [1.165, 1.54) is 7.11 Å². The second kappa shape index (κ2) is 4.39. The van der Waals surface area contributed by atoms with Crippen LogP contribution in [0.4, 0.5) is 13.2 Å². The summed E-state index contributed by atoms with van der Waals surface area (Å²) in [5.74, 6) is -5.30. The molecular formula is C12H11F3O2. The molecule has 0 amide bonds. The second-order valence-electron chi connectivity index (χ2n) is 4.14.